The molecular weight excluding hydrogens is 370 g/mol. The van der Waals surface area contributed by atoms with E-state index in [1.54, 1.807) is 19.1 Å². The Hall–Kier alpha value is -1.98. The van der Waals surface area contributed by atoms with Crippen molar-refractivity contribution >= 4 is 40.9 Å². The number of amides is 1. The smallest absolute Gasteiger partial charge is 0.340 e. The molecule has 1 N–H and O–H groups in total. The average molecular weight is 392 g/mol. The van der Waals surface area contributed by atoms with Crippen molar-refractivity contribution in [1.82, 2.24) is 0 Å². The number of carbonyl (C=O) groups excluding carboxylic acids is 2. The minimum Gasteiger partial charge on any atom is -0.449 e. The third-order valence-corrected chi connectivity index (χ3v) is 5.03. The summed E-state index contributed by atoms with van der Waals surface area (Å²) in [6.07, 6.45) is 0.956. The highest BCUT2D eigenvalue weighted by Crippen LogP contribution is 2.25. The van der Waals surface area contributed by atoms with Crippen molar-refractivity contribution in [3.05, 3.63) is 57.6 Å². The fourth-order valence-corrected chi connectivity index (χ4v) is 3.30. The summed E-state index contributed by atoms with van der Waals surface area (Å²) in [5, 5.41) is 3.14. The van der Waals surface area contributed by atoms with Gasteiger partial charge in [-0.2, -0.15) is 0 Å². The average Bonchev–Trinajstić information content (AvgIpc) is 2.58. The topological polar surface area (TPSA) is 55.4 Å². The molecule has 0 fully saturated rings. The lowest BCUT2D eigenvalue weighted by Crippen LogP contribution is -2.30. The number of rotatable bonds is 5. The van der Waals surface area contributed by atoms with Crippen molar-refractivity contribution in [3.63, 3.8) is 0 Å². The van der Waals surface area contributed by atoms with Crippen molar-refractivity contribution in [2.75, 3.05) is 11.6 Å². The standard InChI is InChI=1S/C20H22ClNO3S/c1-11-8-12(2)18(13(3)9-11)22-19(23)14(4)25-20(24)16-10-15(26-5)6-7-17(16)21/h6-10,14H,1-5H3,(H,22,23)/t14-/m1/s1. The van der Waals surface area contributed by atoms with E-state index in [2.05, 4.69) is 5.32 Å². The Morgan fingerprint density at radius 2 is 1.73 bits per heavy atom. The maximum Gasteiger partial charge on any atom is 0.340 e. The monoisotopic (exact) mass is 391 g/mol. The summed E-state index contributed by atoms with van der Waals surface area (Å²) in [6, 6.07) is 9.12. The summed E-state index contributed by atoms with van der Waals surface area (Å²) in [5.74, 6) is -1.00. The number of thioether (sulfide) groups is 1. The first kappa shape index (κ1) is 20.3. The van der Waals surface area contributed by atoms with Gasteiger partial charge >= 0.3 is 5.97 Å². The van der Waals surface area contributed by atoms with Gasteiger partial charge in [0.05, 0.1) is 10.6 Å². The van der Waals surface area contributed by atoms with Crippen LogP contribution in [0, 0.1) is 20.8 Å². The van der Waals surface area contributed by atoms with E-state index in [9.17, 15) is 9.59 Å². The molecule has 2 aromatic carbocycles. The zero-order valence-electron chi connectivity index (χ0n) is 15.5. The van der Waals surface area contributed by atoms with Crippen molar-refractivity contribution < 1.29 is 14.3 Å². The molecule has 4 nitrogen and oxygen atoms in total. The van der Waals surface area contributed by atoms with Crippen LogP contribution in [0.3, 0.4) is 0 Å². The van der Waals surface area contributed by atoms with Gasteiger partial charge in [-0.15, -0.1) is 11.8 Å². The first-order chi connectivity index (χ1) is 12.2. The van der Waals surface area contributed by atoms with Gasteiger partial charge in [-0.05, 0) is 63.3 Å². The molecule has 0 spiro atoms. The van der Waals surface area contributed by atoms with Gasteiger partial charge in [0.15, 0.2) is 6.10 Å². The molecule has 0 heterocycles. The number of hydrogen-bond donors (Lipinski definition) is 1. The summed E-state index contributed by atoms with van der Waals surface area (Å²) in [5.41, 5.74) is 4.04. The van der Waals surface area contributed by atoms with Gasteiger partial charge in [-0.3, -0.25) is 4.79 Å². The summed E-state index contributed by atoms with van der Waals surface area (Å²) < 4.78 is 5.31. The number of carbonyl (C=O) groups is 2. The SMILES string of the molecule is CSc1ccc(Cl)c(C(=O)O[C@H](C)C(=O)Nc2c(C)cc(C)cc2C)c1. The second kappa shape index (κ2) is 8.60. The Morgan fingerprint density at radius 1 is 1.12 bits per heavy atom. The van der Waals surface area contributed by atoms with Gasteiger partial charge in [-0.25, -0.2) is 4.79 Å². The lowest BCUT2D eigenvalue weighted by Gasteiger charge is -2.17. The van der Waals surface area contributed by atoms with E-state index in [1.807, 2.05) is 45.2 Å². The van der Waals surface area contributed by atoms with E-state index in [0.717, 1.165) is 27.3 Å². The van der Waals surface area contributed by atoms with Crippen LogP contribution in [0.1, 0.15) is 34.0 Å². The van der Waals surface area contributed by atoms with Gasteiger partial charge in [0, 0.05) is 10.6 Å². The minimum atomic E-state index is -0.948. The zero-order chi connectivity index (χ0) is 19.4. The molecular formula is C20H22ClNO3S. The first-order valence-corrected chi connectivity index (χ1v) is 9.76. The zero-order valence-corrected chi connectivity index (χ0v) is 17.0. The molecule has 1 atom stereocenters. The quantitative estimate of drug-likeness (QED) is 0.564. The molecule has 138 valence electrons. The van der Waals surface area contributed by atoms with Crippen LogP contribution in [0.25, 0.3) is 0 Å². The largest absolute Gasteiger partial charge is 0.449 e. The van der Waals surface area contributed by atoms with Crippen LogP contribution in [0.2, 0.25) is 5.02 Å². The second-order valence-corrected chi connectivity index (χ2v) is 7.44. The lowest BCUT2D eigenvalue weighted by molar-refractivity contribution is -0.123. The number of nitrogens with one attached hydrogen (secondary N) is 1. The predicted molar refractivity (Wildman–Crippen MR) is 107 cm³/mol. The predicted octanol–water partition coefficient (Wildman–Crippen LogP) is 5.17. The van der Waals surface area contributed by atoms with Crippen LogP contribution in [0.5, 0.6) is 0 Å². The maximum absolute atomic E-state index is 12.5. The van der Waals surface area contributed by atoms with Crippen LogP contribution in [0.4, 0.5) is 5.69 Å². The Morgan fingerprint density at radius 3 is 2.31 bits per heavy atom. The van der Waals surface area contributed by atoms with E-state index < -0.39 is 12.1 Å². The Bertz CT molecular complexity index is 828. The molecule has 6 heteroatoms. The van der Waals surface area contributed by atoms with Gasteiger partial charge in [-0.1, -0.05) is 29.3 Å². The van der Waals surface area contributed by atoms with E-state index in [1.165, 1.54) is 11.8 Å². The van der Waals surface area contributed by atoms with Crippen LogP contribution < -0.4 is 5.32 Å². The maximum atomic E-state index is 12.5. The number of anilines is 1. The molecule has 26 heavy (non-hydrogen) atoms. The minimum absolute atomic E-state index is 0.251. The molecule has 0 saturated carbocycles. The van der Waals surface area contributed by atoms with Crippen LogP contribution >= 0.6 is 23.4 Å². The number of halogens is 1. The fourth-order valence-electron chi connectivity index (χ4n) is 2.67. The molecule has 0 unspecified atom stereocenters. The molecule has 2 aromatic rings. The molecule has 0 aliphatic heterocycles. The summed E-state index contributed by atoms with van der Waals surface area (Å²) in [6.45, 7) is 7.40. The molecule has 0 aromatic heterocycles. The van der Waals surface area contributed by atoms with Gasteiger partial charge in [0.2, 0.25) is 0 Å². The molecule has 1 amide bonds. The number of ether oxygens (including phenoxy) is 1. The normalized spacial score (nSPS) is 11.8. The highest BCUT2D eigenvalue weighted by atomic mass is 35.5. The molecule has 0 saturated heterocycles. The van der Waals surface area contributed by atoms with E-state index >= 15 is 0 Å². The molecule has 0 aliphatic carbocycles. The van der Waals surface area contributed by atoms with Crippen molar-refractivity contribution in [2.24, 2.45) is 0 Å². The van der Waals surface area contributed by atoms with Crippen molar-refractivity contribution in [2.45, 2.75) is 38.7 Å². The summed E-state index contributed by atoms with van der Waals surface area (Å²) in [7, 11) is 0. The molecule has 0 aliphatic rings. The van der Waals surface area contributed by atoms with E-state index in [0.29, 0.717) is 5.02 Å². The first-order valence-electron chi connectivity index (χ1n) is 8.16. The Kier molecular flexibility index (Phi) is 6.73. The molecule has 0 radical (unpaired) electrons. The third kappa shape index (κ3) is 4.80. The van der Waals surface area contributed by atoms with Crippen molar-refractivity contribution in [1.29, 1.82) is 0 Å². The Labute approximate surface area is 163 Å². The van der Waals surface area contributed by atoms with Crippen molar-refractivity contribution in [3.8, 4) is 0 Å². The second-order valence-electron chi connectivity index (χ2n) is 6.16. The van der Waals surface area contributed by atoms with Gasteiger partial charge in [0.25, 0.3) is 5.91 Å². The summed E-state index contributed by atoms with van der Waals surface area (Å²) >= 11 is 7.58. The number of benzene rings is 2. The highest BCUT2D eigenvalue weighted by molar-refractivity contribution is 7.98. The van der Waals surface area contributed by atoms with Crippen LogP contribution in [-0.4, -0.2) is 24.2 Å². The van der Waals surface area contributed by atoms with Gasteiger partial charge in [0.1, 0.15) is 0 Å². The van der Waals surface area contributed by atoms with E-state index in [-0.39, 0.29) is 11.5 Å². The van der Waals surface area contributed by atoms with E-state index in [4.69, 9.17) is 16.3 Å². The van der Waals surface area contributed by atoms with Crippen LogP contribution in [0.15, 0.2) is 35.2 Å². The van der Waals surface area contributed by atoms with Crippen LogP contribution in [-0.2, 0) is 9.53 Å². The summed E-state index contributed by atoms with van der Waals surface area (Å²) in [4.78, 5) is 25.7. The molecule has 0 bridgehead atoms. The lowest BCUT2D eigenvalue weighted by atomic mass is 10.0. The third-order valence-electron chi connectivity index (χ3n) is 3.97. The van der Waals surface area contributed by atoms with Gasteiger partial charge < -0.3 is 10.1 Å². The Balaban J connectivity index is 2.11. The number of hydrogen-bond acceptors (Lipinski definition) is 4. The number of esters is 1. The molecule has 2 rings (SSSR count). The highest BCUT2D eigenvalue weighted by Gasteiger charge is 2.22. The fraction of sp³-hybridized carbons (Fsp3) is 0.300. The number of aryl methyl sites for hydroxylation is 3.